The van der Waals surface area contributed by atoms with Gasteiger partial charge in [-0.1, -0.05) is 17.7 Å². The molecule has 1 heterocycles. The van der Waals surface area contributed by atoms with Gasteiger partial charge >= 0.3 is 0 Å². The summed E-state index contributed by atoms with van der Waals surface area (Å²) in [5.74, 6) is 0.265. The fraction of sp³-hybridized carbons (Fsp3) is 0.267. The summed E-state index contributed by atoms with van der Waals surface area (Å²) in [6, 6.07) is 10.2. The monoisotopic (exact) mass is 340 g/mol. The fourth-order valence-electron chi connectivity index (χ4n) is 1.96. The molecule has 7 heteroatoms. The maximum atomic E-state index is 12.3. The van der Waals surface area contributed by atoms with Crippen LogP contribution in [0, 0.1) is 0 Å². The van der Waals surface area contributed by atoms with E-state index in [-0.39, 0.29) is 10.6 Å². The number of aromatic nitrogens is 1. The number of halogens is 1. The number of nitrogens with zero attached hydrogens (tertiary/aromatic N) is 1. The van der Waals surface area contributed by atoms with E-state index in [0.717, 1.165) is 5.69 Å². The molecule has 0 radical (unpaired) electrons. The van der Waals surface area contributed by atoms with Crippen LogP contribution < -0.4 is 9.46 Å². The lowest BCUT2D eigenvalue weighted by molar-refractivity contribution is 0.402. The number of sulfonamides is 1. The number of pyridine rings is 1. The van der Waals surface area contributed by atoms with E-state index >= 15 is 0 Å². The second kappa shape index (κ2) is 7.58. The smallest absolute Gasteiger partial charge is 0.244 e. The van der Waals surface area contributed by atoms with Crippen LogP contribution in [0.15, 0.2) is 47.5 Å². The van der Waals surface area contributed by atoms with Crippen molar-refractivity contribution in [2.75, 3.05) is 13.7 Å². The molecule has 1 aromatic carbocycles. The summed E-state index contributed by atoms with van der Waals surface area (Å²) in [6.07, 6.45) is 3.07. The van der Waals surface area contributed by atoms with Crippen molar-refractivity contribution in [3.63, 3.8) is 0 Å². The average Bonchev–Trinajstić information content (AvgIpc) is 2.52. The van der Waals surface area contributed by atoms with Crippen LogP contribution in [0.1, 0.15) is 12.1 Å². The highest BCUT2D eigenvalue weighted by molar-refractivity contribution is 7.89. The van der Waals surface area contributed by atoms with Crippen molar-refractivity contribution in [1.29, 1.82) is 0 Å². The van der Waals surface area contributed by atoms with E-state index in [1.165, 1.54) is 19.2 Å². The summed E-state index contributed by atoms with van der Waals surface area (Å²) < 4.78 is 32.2. The number of hydrogen-bond acceptors (Lipinski definition) is 4. The van der Waals surface area contributed by atoms with Gasteiger partial charge in [-0.25, -0.2) is 13.1 Å². The minimum Gasteiger partial charge on any atom is -0.495 e. The largest absolute Gasteiger partial charge is 0.495 e. The van der Waals surface area contributed by atoms with Gasteiger partial charge in [0.1, 0.15) is 10.6 Å². The number of aryl methyl sites for hydroxylation is 1. The molecule has 0 aliphatic carbocycles. The zero-order valence-electron chi connectivity index (χ0n) is 12.1. The van der Waals surface area contributed by atoms with Crippen LogP contribution in [0.5, 0.6) is 5.75 Å². The first-order valence-corrected chi connectivity index (χ1v) is 8.62. The SMILES string of the molecule is COc1ccc(Cl)cc1S(=O)(=O)NCCCc1ccccn1. The lowest BCUT2D eigenvalue weighted by Gasteiger charge is -2.11. The molecule has 0 fully saturated rings. The Bertz CT molecular complexity index is 721. The molecule has 0 aliphatic heterocycles. The highest BCUT2D eigenvalue weighted by atomic mass is 35.5. The van der Waals surface area contributed by atoms with Gasteiger partial charge in [0.05, 0.1) is 7.11 Å². The maximum Gasteiger partial charge on any atom is 0.244 e. The Balaban J connectivity index is 1.98. The van der Waals surface area contributed by atoms with E-state index in [0.29, 0.717) is 24.4 Å². The Morgan fingerprint density at radius 1 is 1.27 bits per heavy atom. The summed E-state index contributed by atoms with van der Waals surface area (Å²) in [6.45, 7) is 0.314. The van der Waals surface area contributed by atoms with Gasteiger partial charge in [-0.05, 0) is 43.2 Å². The van der Waals surface area contributed by atoms with E-state index in [1.54, 1.807) is 12.3 Å². The molecule has 2 rings (SSSR count). The lowest BCUT2D eigenvalue weighted by atomic mass is 10.2. The number of benzene rings is 1. The van der Waals surface area contributed by atoms with Crippen molar-refractivity contribution in [3.8, 4) is 5.75 Å². The first kappa shape index (κ1) is 16.7. The summed E-state index contributed by atoms with van der Waals surface area (Å²) in [7, 11) is -2.24. The van der Waals surface area contributed by atoms with Crippen molar-refractivity contribution in [2.45, 2.75) is 17.7 Å². The van der Waals surface area contributed by atoms with Crippen molar-refractivity contribution in [1.82, 2.24) is 9.71 Å². The van der Waals surface area contributed by atoms with Gasteiger partial charge in [0.15, 0.2) is 0 Å². The molecule has 1 N–H and O–H groups in total. The minimum absolute atomic E-state index is 0.0420. The van der Waals surface area contributed by atoms with Gasteiger partial charge in [-0.2, -0.15) is 0 Å². The Labute approximate surface area is 135 Å². The second-order valence-corrected chi connectivity index (χ2v) is 6.79. The van der Waals surface area contributed by atoms with Crippen LogP contribution in [0.3, 0.4) is 0 Å². The van der Waals surface area contributed by atoms with Crippen molar-refractivity contribution in [2.24, 2.45) is 0 Å². The van der Waals surface area contributed by atoms with E-state index in [1.807, 2.05) is 18.2 Å². The normalized spacial score (nSPS) is 11.4. The zero-order chi connectivity index (χ0) is 16.0. The number of rotatable bonds is 7. The molecule has 22 heavy (non-hydrogen) atoms. The molecule has 0 aliphatic rings. The van der Waals surface area contributed by atoms with Gasteiger partial charge in [-0.15, -0.1) is 0 Å². The van der Waals surface area contributed by atoms with E-state index in [9.17, 15) is 8.42 Å². The van der Waals surface area contributed by atoms with Gasteiger partial charge in [0.25, 0.3) is 0 Å². The molecule has 118 valence electrons. The molecule has 0 atom stereocenters. The number of hydrogen-bond donors (Lipinski definition) is 1. The molecule has 0 saturated carbocycles. The number of methoxy groups -OCH3 is 1. The maximum absolute atomic E-state index is 12.3. The summed E-state index contributed by atoms with van der Waals surface area (Å²) >= 11 is 5.87. The standard InChI is InChI=1S/C15H17ClN2O3S/c1-21-14-8-7-12(16)11-15(14)22(19,20)18-10-4-6-13-5-2-3-9-17-13/h2-3,5,7-9,11,18H,4,6,10H2,1H3. The van der Waals surface area contributed by atoms with Gasteiger partial charge in [0.2, 0.25) is 10.0 Å². The Morgan fingerprint density at radius 3 is 2.77 bits per heavy atom. The molecule has 2 aromatic rings. The van der Waals surface area contributed by atoms with Crippen molar-refractivity contribution in [3.05, 3.63) is 53.3 Å². The zero-order valence-corrected chi connectivity index (χ0v) is 13.7. The second-order valence-electron chi connectivity index (χ2n) is 4.62. The van der Waals surface area contributed by atoms with Crippen molar-refractivity contribution >= 4 is 21.6 Å². The summed E-state index contributed by atoms with van der Waals surface area (Å²) in [5, 5.41) is 0.342. The predicted molar refractivity (Wildman–Crippen MR) is 85.8 cm³/mol. The van der Waals surface area contributed by atoms with E-state index in [4.69, 9.17) is 16.3 Å². The van der Waals surface area contributed by atoms with Crippen LogP contribution in [0.25, 0.3) is 0 Å². The molecule has 0 saturated heterocycles. The lowest BCUT2D eigenvalue weighted by Crippen LogP contribution is -2.25. The molecule has 0 unspecified atom stereocenters. The molecule has 0 spiro atoms. The molecule has 0 amide bonds. The molecule has 1 aromatic heterocycles. The Hall–Kier alpha value is -1.63. The first-order chi connectivity index (χ1) is 10.5. The van der Waals surface area contributed by atoms with Gasteiger partial charge in [0, 0.05) is 23.5 Å². The number of ether oxygens (including phenoxy) is 1. The van der Waals surface area contributed by atoms with Crippen LogP contribution in [0.4, 0.5) is 0 Å². The van der Waals surface area contributed by atoms with Gasteiger partial charge < -0.3 is 4.74 Å². The van der Waals surface area contributed by atoms with Crippen LogP contribution >= 0.6 is 11.6 Å². The minimum atomic E-state index is -3.66. The Kier molecular flexibility index (Phi) is 5.76. The topological polar surface area (TPSA) is 68.3 Å². The average molecular weight is 341 g/mol. The highest BCUT2D eigenvalue weighted by Crippen LogP contribution is 2.26. The van der Waals surface area contributed by atoms with Crippen LogP contribution in [0.2, 0.25) is 5.02 Å². The summed E-state index contributed by atoms with van der Waals surface area (Å²) in [5.41, 5.74) is 0.932. The first-order valence-electron chi connectivity index (χ1n) is 6.76. The van der Waals surface area contributed by atoms with E-state index in [2.05, 4.69) is 9.71 Å². The third-order valence-electron chi connectivity index (χ3n) is 3.04. The molecule has 0 bridgehead atoms. The van der Waals surface area contributed by atoms with E-state index < -0.39 is 10.0 Å². The van der Waals surface area contributed by atoms with Crippen LogP contribution in [-0.2, 0) is 16.4 Å². The fourth-order valence-corrected chi connectivity index (χ4v) is 3.46. The number of nitrogens with one attached hydrogen (secondary N) is 1. The third-order valence-corrected chi connectivity index (χ3v) is 4.76. The molecular formula is C15H17ClN2O3S. The highest BCUT2D eigenvalue weighted by Gasteiger charge is 2.19. The third kappa shape index (κ3) is 4.43. The van der Waals surface area contributed by atoms with Gasteiger partial charge in [-0.3, -0.25) is 4.98 Å². The molecule has 5 nitrogen and oxygen atoms in total. The summed E-state index contributed by atoms with van der Waals surface area (Å²) in [4.78, 5) is 4.24. The molecular weight excluding hydrogens is 324 g/mol. The van der Waals surface area contributed by atoms with Crippen molar-refractivity contribution < 1.29 is 13.2 Å². The van der Waals surface area contributed by atoms with Crippen LogP contribution in [-0.4, -0.2) is 27.1 Å². The predicted octanol–water partition coefficient (Wildman–Crippen LogP) is 2.65. The quantitative estimate of drug-likeness (QED) is 0.787. The Morgan fingerprint density at radius 2 is 2.09 bits per heavy atom.